The van der Waals surface area contributed by atoms with Crippen LogP contribution in [-0.4, -0.2) is 35.4 Å². The Morgan fingerprint density at radius 1 is 1.25 bits per heavy atom. The second-order valence-corrected chi connectivity index (χ2v) is 6.13. The maximum absolute atomic E-state index is 12.2. The fraction of sp³-hybridized carbons (Fsp3) is 0.267. The maximum atomic E-state index is 12.2. The molecule has 3 aromatic heterocycles. The van der Waals surface area contributed by atoms with Crippen molar-refractivity contribution < 1.29 is 4.79 Å². The maximum Gasteiger partial charge on any atom is 0.278 e. The Bertz CT molecular complexity index is 899. The van der Waals surface area contributed by atoms with Crippen molar-refractivity contribution in [3.63, 3.8) is 0 Å². The first kappa shape index (κ1) is 16.3. The standard InChI is InChI=1S/C15H16BrN7O/c1-9-4-6-17-15(18-9)19-14(24)12-5-7-22(21-12)8-23-11(3)13(16)10(2)20-23/h4-7H,8H2,1-3H3,(H,17,18,19,24). The number of nitrogens with one attached hydrogen (secondary N) is 1. The van der Waals surface area contributed by atoms with E-state index in [-0.39, 0.29) is 11.9 Å². The van der Waals surface area contributed by atoms with Gasteiger partial charge in [-0.3, -0.25) is 14.8 Å². The Kier molecular flexibility index (Phi) is 4.43. The van der Waals surface area contributed by atoms with Crippen molar-refractivity contribution in [3.05, 3.63) is 51.8 Å². The molecule has 0 aromatic carbocycles. The van der Waals surface area contributed by atoms with Crippen LogP contribution in [0.15, 0.2) is 29.0 Å². The fourth-order valence-electron chi connectivity index (χ4n) is 2.19. The summed E-state index contributed by atoms with van der Waals surface area (Å²) in [5.41, 5.74) is 2.98. The Morgan fingerprint density at radius 3 is 2.71 bits per heavy atom. The second-order valence-electron chi connectivity index (χ2n) is 5.34. The van der Waals surface area contributed by atoms with E-state index in [1.807, 2.05) is 25.5 Å². The van der Waals surface area contributed by atoms with Gasteiger partial charge in [-0.25, -0.2) is 14.6 Å². The number of aryl methyl sites for hydroxylation is 2. The van der Waals surface area contributed by atoms with Gasteiger partial charge in [0.2, 0.25) is 5.95 Å². The Labute approximate surface area is 147 Å². The quantitative estimate of drug-likeness (QED) is 0.739. The van der Waals surface area contributed by atoms with Gasteiger partial charge in [-0.05, 0) is 48.8 Å². The number of rotatable bonds is 4. The molecule has 8 nitrogen and oxygen atoms in total. The van der Waals surface area contributed by atoms with E-state index in [1.165, 1.54) is 0 Å². The van der Waals surface area contributed by atoms with Crippen molar-refractivity contribution >= 4 is 27.8 Å². The summed E-state index contributed by atoms with van der Waals surface area (Å²) in [5, 5.41) is 11.3. The number of carbonyl (C=O) groups excluding carboxylic acids is 1. The van der Waals surface area contributed by atoms with Crippen molar-refractivity contribution in [2.24, 2.45) is 0 Å². The summed E-state index contributed by atoms with van der Waals surface area (Å²) in [6.45, 7) is 6.15. The lowest BCUT2D eigenvalue weighted by atomic mass is 10.4. The molecule has 0 radical (unpaired) electrons. The number of hydrogen-bond acceptors (Lipinski definition) is 5. The van der Waals surface area contributed by atoms with Gasteiger partial charge in [0.1, 0.15) is 6.67 Å². The second kappa shape index (κ2) is 6.52. The van der Waals surface area contributed by atoms with Crippen LogP contribution >= 0.6 is 15.9 Å². The molecular formula is C15H16BrN7O. The lowest BCUT2D eigenvalue weighted by Crippen LogP contribution is -2.17. The normalized spacial score (nSPS) is 10.8. The average Bonchev–Trinajstić information content (AvgIpc) is 3.09. The molecule has 9 heteroatoms. The van der Waals surface area contributed by atoms with Crippen LogP contribution in [0.3, 0.4) is 0 Å². The predicted molar refractivity (Wildman–Crippen MR) is 91.7 cm³/mol. The minimum atomic E-state index is -0.353. The monoisotopic (exact) mass is 389 g/mol. The number of aromatic nitrogens is 6. The molecule has 0 aliphatic heterocycles. The minimum Gasteiger partial charge on any atom is -0.289 e. The number of amides is 1. The van der Waals surface area contributed by atoms with Crippen molar-refractivity contribution in [2.45, 2.75) is 27.4 Å². The van der Waals surface area contributed by atoms with Crippen LogP contribution in [0.5, 0.6) is 0 Å². The molecule has 0 fully saturated rings. The molecule has 3 rings (SSSR count). The lowest BCUT2D eigenvalue weighted by Gasteiger charge is -2.05. The van der Waals surface area contributed by atoms with E-state index in [1.54, 1.807) is 29.2 Å². The molecule has 0 saturated carbocycles. The first-order chi connectivity index (χ1) is 11.4. The van der Waals surface area contributed by atoms with Crippen molar-refractivity contribution in [1.82, 2.24) is 29.5 Å². The smallest absolute Gasteiger partial charge is 0.278 e. The van der Waals surface area contributed by atoms with E-state index >= 15 is 0 Å². The minimum absolute atomic E-state index is 0.261. The SMILES string of the molecule is Cc1ccnc(NC(=O)c2ccn(Cn3nc(C)c(Br)c3C)n2)n1. The number of nitrogens with zero attached hydrogens (tertiary/aromatic N) is 6. The zero-order chi connectivity index (χ0) is 17.3. The third kappa shape index (κ3) is 3.35. The first-order valence-electron chi connectivity index (χ1n) is 7.28. The van der Waals surface area contributed by atoms with Gasteiger partial charge >= 0.3 is 0 Å². The van der Waals surface area contributed by atoms with E-state index in [0.29, 0.717) is 12.4 Å². The van der Waals surface area contributed by atoms with Crippen LogP contribution in [0, 0.1) is 20.8 Å². The lowest BCUT2D eigenvalue weighted by molar-refractivity contribution is 0.102. The molecule has 0 atom stereocenters. The highest BCUT2D eigenvalue weighted by Crippen LogP contribution is 2.19. The molecule has 124 valence electrons. The van der Waals surface area contributed by atoms with Gasteiger partial charge in [0.25, 0.3) is 5.91 Å². The zero-order valence-corrected chi connectivity index (χ0v) is 15.1. The Balaban J connectivity index is 1.73. The summed E-state index contributed by atoms with van der Waals surface area (Å²) in [4.78, 5) is 20.4. The predicted octanol–water partition coefficient (Wildman–Crippen LogP) is 2.32. The summed E-state index contributed by atoms with van der Waals surface area (Å²) < 4.78 is 4.44. The van der Waals surface area contributed by atoms with Gasteiger partial charge in [-0.15, -0.1) is 0 Å². The van der Waals surface area contributed by atoms with Crippen molar-refractivity contribution in [3.8, 4) is 0 Å². The van der Waals surface area contributed by atoms with E-state index in [9.17, 15) is 4.79 Å². The molecular weight excluding hydrogens is 374 g/mol. The number of halogens is 1. The molecule has 0 unspecified atom stereocenters. The third-order valence-electron chi connectivity index (χ3n) is 3.47. The number of anilines is 1. The summed E-state index contributed by atoms with van der Waals surface area (Å²) in [5.74, 6) is -0.0917. The van der Waals surface area contributed by atoms with Gasteiger partial charge in [0.05, 0.1) is 15.9 Å². The fourth-order valence-corrected chi connectivity index (χ4v) is 2.47. The summed E-state index contributed by atoms with van der Waals surface area (Å²) in [6.07, 6.45) is 3.33. The van der Waals surface area contributed by atoms with Crippen LogP contribution < -0.4 is 5.32 Å². The molecule has 0 saturated heterocycles. The van der Waals surface area contributed by atoms with Crippen molar-refractivity contribution in [2.75, 3.05) is 5.32 Å². The highest BCUT2D eigenvalue weighted by Gasteiger charge is 2.13. The number of hydrogen-bond donors (Lipinski definition) is 1. The molecule has 24 heavy (non-hydrogen) atoms. The molecule has 1 amide bonds. The average molecular weight is 390 g/mol. The van der Waals surface area contributed by atoms with Gasteiger partial charge in [0, 0.05) is 18.1 Å². The van der Waals surface area contributed by atoms with Gasteiger partial charge in [-0.1, -0.05) is 0 Å². The van der Waals surface area contributed by atoms with E-state index in [2.05, 4.69) is 41.4 Å². The summed E-state index contributed by atoms with van der Waals surface area (Å²) >= 11 is 3.49. The van der Waals surface area contributed by atoms with Gasteiger partial charge in [0.15, 0.2) is 5.69 Å². The molecule has 3 aromatic rings. The largest absolute Gasteiger partial charge is 0.289 e. The van der Waals surface area contributed by atoms with E-state index in [0.717, 1.165) is 21.6 Å². The van der Waals surface area contributed by atoms with Crippen LogP contribution in [0.1, 0.15) is 27.6 Å². The Hall–Kier alpha value is -2.55. The molecule has 3 heterocycles. The molecule has 1 N–H and O–H groups in total. The van der Waals surface area contributed by atoms with Crippen molar-refractivity contribution in [1.29, 1.82) is 0 Å². The van der Waals surface area contributed by atoms with Crippen LogP contribution in [0.2, 0.25) is 0 Å². The summed E-state index contributed by atoms with van der Waals surface area (Å²) in [6, 6.07) is 3.41. The van der Waals surface area contributed by atoms with Gasteiger partial charge in [-0.2, -0.15) is 10.2 Å². The summed E-state index contributed by atoms with van der Waals surface area (Å²) in [7, 11) is 0. The highest BCUT2D eigenvalue weighted by molar-refractivity contribution is 9.10. The topological polar surface area (TPSA) is 90.5 Å². The van der Waals surface area contributed by atoms with Gasteiger partial charge < -0.3 is 0 Å². The molecule has 0 aliphatic rings. The Morgan fingerprint density at radius 2 is 2.04 bits per heavy atom. The van der Waals surface area contributed by atoms with Crippen LogP contribution in [0.25, 0.3) is 0 Å². The third-order valence-corrected chi connectivity index (χ3v) is 4.61. The highest BCUT2D eigenvalue weighted by atomic mass is 79.9. The van der Waals surface area contributed by atoms with E-state index < -0.39 is 0 Å². The zero-order valence-electron chi connectivity index (χ0n) is 13.5. The first-order valence-corrected chi connectivity index (χ1v) is 8.07. The van der Waals surface area contributed by atoms with Crippen LogP contribution in [-0.2, 0) is 6.67 Å². The molecule has 0 bridgehead atoms. The molecule has 0 aliphatic carbocycles. The van der Waals surface area contributed by atoms with Crippen LogP contribution in [0.4, 0.5) is 5.95 Å². The van der Waals surface area contributed by atoms with E-state index in [4.69, 9.17) is 0 Å². The number of carbonyl (C=O) groups is 1. The molecule has 0 spiro atoms.